The molecule has 6 heteroatoms. The molecule has 20 heavy (non-hydrogen) atoms. The molecule has 1 heterocycles. The molecule has 0 saturated heterocycles. The second-order valence-electron chi connectivity index (χ2n) is 4.38. The van der Waals surface area contributed by atoms with Crippen molar-refractivity contribution < 1.29 is 19.5 Å². The minimum Gasteiger partial charge on any atom is -0.507 e. The Morgan fingerprint density at radius 2 is 1.80 bits per heavy atom. The quantitative estimate of drug-likeness (QED) is 0.633. The highest BCUT2D eigenvalue weighted by Crippen LogP contribution is 2.38. The molecule has 3 aromatic rings. The standard InChI is InChI=1S/C14H10BFO3S/c16-13-8(2-1-3-11(13)15(18)19)9-4-5-12-10(14(9)17)6-7-20-12/h1-7,17-19H. The molecule has 0 aliphatic heterocycles. The van der Waals surface area contributed by atoms with E-state index in [-0.39, 0.29) is 16.8 Å². The Morgan fingerprint density at radius 1 is 1.00 bits per heavy atom. The number of aromatic hydroxyl groups is 1. The first kappa shape index (κ1) is 13.1. The van der Waals surface area contributed by atoms with Gasteiger partial charge in [-0.2, -0.15) is 0 Å². The van der Waals surface area contributed by atoms with Crippen LogP contribution in [0.15, 0.2) is 41.8 Å². The van der Waals surface area contributed by atoms with Crippen LogP contribution in [0.25, 0.3) is 21.2 Å². The maximum atomic E-state index is 14.3. The van der Waals surface area contributed by atoms with Gasteiger partial charge in [0, 0.05) is 26.7 Å². The van der Waals surface area contributed by atoms with Gasteiger partial charge in [0.1, 0.15) is 11.6 Å². The van der Waals surface area contributed by atoms with Gasteiger partial charge in [-0.3, -0.25) is 0 Å². The van der Waals surface area contributed by atoms with E-state index < -0.39 is 12.9 Å². The van der Waals surface area contributed by atoms with Crippen molar-refractivity contribution >= 4 is 34.0 Å². The number of fused-ring (bicyclic) bond motifs is 1. The Kier molecular flexibility index (Phi) is 3.21. The average molecular weight is 288 g/mol. The third-order valence-corrected chi connectivity index (χ3v) is 4.09. The summed E-state index contributed by atoms with van der Waals surface area (Å²) in [4.78, 5) is 0. The van der Waals surface area contributed by atoms with Crippen molar-refractivity contribution in [3.05, 3.63) is 47.6 Å². The average Bonchev–Trinajstić information content (AvgIpc) is 2.89. The molecule has 3 rings (SSSR count). The van der Waals surface area contributed by atoms with E-state index in [1.54, 1.807) is 18.2 Å². The Hall–Kier alpha value is -1.89. The molecule has 0 amide bonds. The van der Waals surface area contributed by atoms with Crippen LogP contribution in [0.3, 0.4) is 0 Å². The summed E-state index contributed by atoms with van der Waals surface area (Å²) >= 11 is 1.48. The van der Waals surface area contributed by atoms with Crippen LogP contribution in [0, 0.1) is 5.82 Å². The van der Waals surface area contributed by atoms with E-state index >= 15 is 0 Å². The molecule has 2 aromatic carbocycles. The van der Waals surface area contributed by atoms with Crippen LogP contribution in [0.4, 0.5) is 4.39 Å². The van der Waals surface area contributed by atoms with Gasteiger partial charge in [-0.15, -0.1) is 11.3 Å². The molecule has 0 fully saturated rings. The van der Waals surface area contributed by atoms with E-state index in [2.05, 4.69) is 0 Å². The summed E-state index contributed by atoms with van der Waals surface area (Å²) in [6, 6.07) is 9.50. The first-order chi connectivity index (χ1) is 9.59. The zero-order valence-electron chi connectivity index (χ0n) is 10.2. The van der Waals surface area contributed by atoms with E-state index in [0.717, 1.165) is 4.70 Å². The Labute approximate surface area is 118 Å². The van der Waals surface area contributed by atoms with Crippen LogP contribution in [0.2, 0.25) is 0 Å². The van der Waals surface area contributed by atoms with Gasteiger partial charge in [0.05, 0.1) is 0 Å². The van der Waals surface area contributed by atoms with Crippen LogP contribution in [0.1, 0.15) is 0 Å². The SMILES string of the molecule is OB(O)c1cccc(-c2ccc3sccc3c2O)c1F. The van der Waals surface area contributed by atoms with E-state index in [1.165, 1.54) is 29.5 Å². The van der Waals surface area contributed by atoms with Crippen molar-refractivity contribution in [1.29, 1.82) is 0 Å². The number of thiophene rings is 1. The number of phenols is 1. The lowest BCUT2D eigenvalue weighted by atomic mass is 9.78. The Bertz CT molecular complexity index is 785. The fraction of sp³-hybridized carbons (Fsp3) is 0. The van der Waals surface area contributed by atoms with Crippen molar-refractivity contribution in [3.63, 3.8) is 0 Å². The molecule has 3 N–H and O–H groups in total. The van der Waals surface area contributed by atoms with Gasteiger partial charge < -0.3 is 15.2 Å². The molecule has 100 valence electrons. The summed E-state index contributed by atoms with van der Waals surface area (Å²) < 4.78 is 15.2. The van der Waals surface area contributed by atoms with Crippen molar-refractivity contribution in [2.24, 2.45) is 0 Å². The minimum atomic E-state index is -1.89. The topological polar surface area (TPSA) is 60.7 Å². The van der Waals surface area contributed by atoms with Crippen LogP contribution in [0.5, 0.6) is 5.75 Å². The Morgan fingerprint density at radius 3 is 2.55 bits per heavy atom. The van der Waals surface area contributed by atoms with Crippen LogP contribution in [-0.2, 0) is 0 Å². The number of halogens is 1. The summed E-state index contributed by atoms with van der Waals surface area (Å²) in [7, 11) is -1.89. The van der Waals surface area contributed by atoms with E-state index in [1.807, 2.05) is 5.38 Å². The maximum Gasteiger partial charge on any atom is 0.491 e. The number of rotatable bonds is 2. The van der Waals surface area contributed by atoms with Crippen LogP contribution in [-0.4, -0.2) is 22.3 Å². The predicted octanol–water partition coefficient (Wildman–Crippen LogP) is 2.09. The van der Waals surface area contributed by atoms with E-state index in [9.17, 15) is 9.50 Å². The van der Waals surface area contributed by atoms with Crippen molar-refractivity contribution in [3.8, 4) is 16.9 Å². The molecule has 0 spiro atoms. The highest BCUT2D eigenvalue weighted by atomic mass is 32.1. The second kappa shape index (κ2) is 4.90. The highest BCUT2D eigenvalue weighted by molar-refractivity contribution is 7.17. The molecule has 0 unspecified atom stereocenters. The summed E-state index contributed by atoms with van der Waals surface area (Å²) in [5.74, 6) is -0.750. The molecular weight excluding hydrogens is 278 g/mol. The highest BCUT2D eigenvalue weighted by Gasteiger charge is 2.21. The van der Waals surface area contributed by atoms with Gasteiger partial charge in [-0.05, 0) is 23.6 Å². The first-order valence-electron chi connectivity index (χ1n) is 5.93. The first-order valence-corrected chi connectivity index (χ1v) is 6.81. The van der Waals surface area contributed by atoms with Crippen molar-refractivity contribution in [1.82, 2.24) is 0 Å². The molecule has 0 radical (unpaired) electrons. The smallest absolute Gasteiger partial charge is 0.491 e. The summed E-state index contributed by atoms with van der Waals surface area (Å²) in [5, 5.41) is 31.0. The summed E-state index contributed by atoms with van der Waals surface area (Å²) in [6.45, 7) is 0. The van der Waals surface area contributed by atoms with Gasteiger partial charge >= 0.3 is 7.12 Å². The van der Waals surface area contributed by atoms with Crippen molar-refractivity contribution in [2.75, 3.05) is 0 Å². The largest absolute Gasteiger partial charge is 0.507 e. The zero-order valence-corrected chi connectivity index (χ0v) is 11.1. The summed E-state index contributed by atoms with van der Waals surface area (Å²) in [5.41, 5.74) is 0.254. The molecule has 0 atom stereocenters. The van der Waals surface area contributed by atoms with Crippen molar-refractivity contribution in [2.45, 2.75) is 0 Å². The molecular formula is C14H10BFO3S. The molecule has 3 nitrogen and oxygen atoms in total. The minimum absolute atomic E-state index is 0.00719. The third kappa shape index (κ3) is 1.98. The molecule has 0 bridgehead atoms. The van der Waals surface area contributed by atoms with Gasteiger partial charge in [0.25, 0.3) is 0 Å². The lowest BCUT2D eigenvalue weighted by Gasteiger charge is -2.10. The van der Waals surface area contributed by atoms with E-state index in [4.69, 9.17) is 10.0 Å². The van der Waals surface area contributed by atoms with Crippen LogP contribution >= 0.6 is 11.3 Å². The fourth-order valence-electron chi connectivity index (χ4n) is 2.20. The summed E-state index contributed by atoms with van der Waals surface area (Å²) in [6.07, 6.45) is 0. The third-order valence-electron chi connectivity index (χ3n) is 3.20. The fourth-order valence-corrected chi connectivity index (χ4v) is 2.99. The monoisotopic (exact) mass is 288 g/mol. The van der Waals surface area contributed by atoms with E-state index in [0.29, 0.717) is 10.9 Å². The normalized spacial score (nSPS) is 10.9. The molecule has 0 aliphatic rings. The molecule has 1 aromatic heterocycles. The molecule has 0 aliphatic carbocycles. The number of benzene rings is 2. The van der Waals surface area contributed by atoms with Gasteiger partial charge in [-0.1, -0.05) is 18.2 Å². The lowest BCUT2D eigenvalue weighted by molar-refractivity contribution is 0.423. The number of hydrogen-bond donors (Lipinski definition) is 3. The zero-order chi connectivity index (χ0) is 14.3. The second-order valence-corrected chi connectivity index (χ2v) is 5.32. The maximum absolute atomic E-state index is 14.3. The molecule has 0 saturated carbocycles. The number of hydrogen-bond acceptors (Lipinski definition) is 4. The lowest BCUT2D eigenvalue weighted by Crippen LogP contribution is -2.32. The van der Waals surface area contributed by atoms with Crippen LogP contribution < -0.4 is 5.46 Å². The number of phenolic OH excluding ortho intramolecular Hbond substituents is 1. The van der Waals surface area contributed by atoms with Gasteiger partial charge in [-0.25, -0.2) is 4.39 Å². The Balaban J connectivity index is 2.25. The predicted molar refractivity (Wildman–Crippen MR) is 78.7 cm³/mol. The van der Waals surface area contributed by atoms with Gasteiger partial charge in [0.2, 0.25) is 0 Å². The van der Waals surface area contributed by atoms with Gasteiger partial charge in [0.15, 0.2) is 0 Å².